The van der Waals surface area contributed by atoms with Crippen molar-refractivity contribution in [2.45, 2.75) is 31.8 Å². The number of rotatable bonds is 9. The molecule has 0 spiro atoms. The maximum absolute atomic E-state index is 11.3. The van der Waals surface area contributed by atoms with E-state index in [9.17, 15) is 4.79 Å². The maximum Gasteiger partial charge on any atom is 0.302 e. The van der Waals surface area contributed by atoms with Gasteiger partial charge in [0, 0.05) is 25.0 Å². The lowest BCUT2D eigenvalue weighted by molar-refractivity contribution is -0.140. The number of nitrogens with zero attached hydrogens (tertiary/aromatic N) is 5. The molecule has 36 heavy (non-hydrogen) atoms. The van der Waals surface area contributed by atoms with Crippen LogP contribution >= 0.6 is 46.6 Å². The van der Waals surface area contributed by atoms with Gasteiger partial charge in [-0.1, -0.05) is 65.1 Å². The van der Waals surface area contributed by atoms with Crippen LogP contribution in [0.2, 0.25) is 15.1 Å². The zero-order valence-electron chi connectivity index (χ0n) is 20.0. The van der Waals surface area contributed by atoms with Gasteiger partial charge in [0.25, 0.3) is 0 Å². The van der Waals surface area contributed by atoms with Gasteiger partial charge in [-0.15, -0.1) is 11.8 Å². The van der Waals surface area contributed by atoms with Gasteiger partial charge in [0.1, 0.15) is 22.4 Å². The van der Waals surface area contributed by atoms with Crippen LogP contribution in [0.1, 0.15) is 24.7 Å². The number of aromatic nitrogens is 4. The van der Waals surface area contributed by atoms with Crippen LogP contribution in [0.3, 0.4) is 0 Å². The van der Waals surface area contributed by atoms with Crippen LogP contribution in [0, 0.1) is 6.92 Å². The number of anilines is 1. The highest BCUT2D eigenvalue weighted by Gasteiger charge is 2.24. The third-order valence-corrected chi connectivity index (χ3v) is 6.84. The fourth-order valence-corrected chi connectivity index (χ4v) is 5.40. The van der Waals surface area contributed by atoms with Crippen molar-refractivity contribution in [2.24, 2.45) is 0 Å². The van der Waals surface area contributed by atoms with Gasteiger partial charge in [-0.05, 0) is 37.3 Å². The number of fused-ring (bicyclic) bond motifs is 1. The molecule has 0 radical (unpaired) electrons. The van der Waals surface area contributed by atoms with Crippen molar-refractivity contribution in [3.8, 4) is 5.69 Å². The highest BCUT2D eigenvalue weighted by Crippen LogP contribution is 2.38. The molecule has 7 nitrogen and oxygen atoms in total. The monoisotopic (exact) mass is 563 g/mol. The summed E-state index contributed by atoms with van der Waals surface area (Å²) in [7, 11) is 0. The highest BCUT2D eigenvalue weighted by molar-refractivity contribution is 7.98. The SMILES string of the molecule is CSc1nn(-c2c(Cl)cc(Cl)cc2Cl)c2nc(C)nc(N(CCCOC(C)=O)Cc3ccccc3)c12. The smallest absolute Gasteiger partial charge is 0.302 e. The summed E-state index contributed by atoms with van der Waals surface area (Å²) in [5.74, 6) is 1.01. The third-order valence-electron chi connectivity index (χ3n) is 5.37. The number of esters is 1. The summed E-state index contributed by atoms with van der Waals surface area (Å²) >= 11 is 20.7. The summed E-state index contributed by atoms with van der Waals surface area (Å²) in [6, 6.07) is 13.4. The van der Waals surface area contributed by atoms with Crippen LogP contribution in [-0.4, -0.2) is 45.1 Å². The molecule has 2 aromatic heterocycles. The highest BCUT2D eigenvalue weighted by atomic mass is 35.5. The van der Waals surface area contributed by atoms with E-state index in [1.807, 2.05) is 31.4 Å². The van der Waals surface area contributed by atoms with Crippen molar-refractivity contribution in [3.63, 3.8) is 0 Å². The van der Waals surface area contributed by atoms with Crippen LogP contribution in [-0.2, 0) is 16.1 Å². The summed E-state index contributed by atoms with van der Waals surface area (Å²) in [5.41, 5.74) is 2.21. The Morgan fingerprint density at radius 1 is 1.11 bits per heavy atom. The van der Waals surface area contributed by atoms with E-state index < -0.39 is 0 Å². The molecule has 0 aliphatic rings. The Labute approximate surface area is 228 Å². The van der Waals surface area contributed by atoms with E-state index in [2.05, 4.69) is 17.0 Å². The molecule has 0 saturated carbocycles. The van der Waals surface area contributed by atoms with Crippen molar-refractivity contribution >= 4 is 69.4 Å². The lowest BCUT2D eigenvalue weighted by atomic mass is 10.2. The van der Waals surface area contributed by atoms with Crippen LogP contribution in [0.25, 0.3) is 16.7 Å². The second kappa shape index (κ2) is 11.7. The van der Waals surface area contributed by atoms with Gasteiger partial charge in [-0.2, -0.15) is 5.10 Å². The van der Waals surface area contributed by atoms with Gasteiger partial charge >= 0.3 is 5.97 Å². The molecule has 0 atom stereocenters. The molecule has 0 aliphatic carbocycles. The minimum Gasteiger partial charge on any atom is -0.466 e. The van der Waals surface area contributed by atoms with Gasteiger partial charge in [0.05, 0.1) is 22.0 Å². The minimum absolute atomic E-state index is 0.299. The number of carbonyl (C=O) groups excluding carboxylic acids is 1. The van der Waals surface area contributed by atoms with Gasteiger partial charge in [0.15, 0.2) is 5.65 Å². The average molecular weight is 565 g/mol. The van der Waals surface area contributed by atoms with E-state index in [1.54, 1.807) is 16.8 Å². The average Bonchev–Trinajstić information content (AvgIpc) is 3.18. The van der Waals surface area contributed by atoms with E-state index in [1.165, 1.54) is 18.7 Å². The Balaban J connectivity index is 1.86. The number of ether oxygens (including phenoxy) is 1. The van der Waals surface area contributed by atoms with Crippen molar-refractivity contribution in [1.82, 2.24) is 19.7 Å². The molecule has 188 valence electrons. The Kier molecular flexibility index (Phi) is 8.62. The summed E-state index contributed by atoms with van der Waals surface area (Å²) in [5, 5.41) is 7.50. The second-order valence-electron chi connectivity index (χ2n) is 8.03. The third kappa shape index (κ3) is 5.89. The predicted octanol–water partition coefficient (Wildman–Crippen LogP) is 6.77. The molecule has 0 saturated heterocycles. The van der Waals surface area contributed by atoms with E-state index in [0.717, 1.165) is 21.8 Å². The predicted molar refractivity (Wildman–Crippen MR) is 147 cm³/mol. The molecule has 0 fully saturated rings. The first-order chi connectivity index (χ1) is 17.3. The quantitative estimate of drug-likeness (QED) is 0.126. The van der Waals surface area contributed by atoms with Gasteiger partial charge in [-0.3, -0.25) is 4.79 Å². The second-order valence-corrected chi connectivity index (χ2v) is 10.1. The zero-order chi connectivity index (χ0) is 25.8. The number of carbonyl (C=O) groups is 1. The fourth-order valence-electron chi connectivity index (χ4n) is 3.88. The molecule has 2 aromatic carbocycles. The Morgan fingerprint density at radius 3 is 2.44 bits per heavy atom. The molecule has 2 heterocycles. The van der Waals surface area contributed by atoms with Crippen LogP contribution in [0.4, 0.5) is 5.82 Å². The Hall–Kier alpha value is -2.52. The molecule has 11 heteroatoms. The first-order valence-electron chi connectivity index (χ1n) is 11.2. The Bertz CT molecular complexity index is 1370. The first-order valence-corrected chi connectivity index (χ1v) is 13.5. The van der Waals surface area contributed by atoms with Gasteiger partial charge < -0.3 is 9.64 Å². The van der Waals surface area contributed by atoms with E-state index >= 15 is 0 Å². The van der Waals surface area contributed by atoms with Crippen LogP contribution in [0.15, 0.2) is 47.5 Å². The zero-order valence-corrected chi connectivity index (χ0v) is 23.0. The Morgan fingerprint density at radius 2 is 1.81 bits per heavy atom. The molecular formula is C25H24Cl3N5O2S. The first kappa shape index (κ1) is 26.5. The molecule has 0 bridgehead atoms. The van der Waals surface area contributed by atoms with E-state index in [0.29, 0.717) is 58.3 Å². The normalized spacial score (nSPS) is 11.2. The van der Waals surface area contributed by atoms with Crippen molar-refractivity contribution in [2.75, 3.05) is 24.3 Å². The van der Waals surface area contributed by atoms with Crippen molar-refractivity contribution in [1.29, 1.82) is 0 Å². The molecule has 0 N–H and O–H groups in total. The van der Waals surface area contributed by atoms with Gasteiger partial charge in [0.2, 0.25) is 0 Å². The van der Waals surface area contributed by atoms with Crippen molar-refractivity contribution < 1.29 is 9.53 Å². The summed E-state index contributed by atoms with van der Waals surface area (Å²) in [6.07, 6.45) is 2.58. The van der Waals surface area contributed by atoms with E-state index in [4.69, 9.17) is 54.6 Å². The number of thioether (sulfide) groups is 1. The number of benzene rings is 2. The molecule has 4 rings (SSSR count). The molecule has 0 aliphatic heterocycles. The van der Waals surface area contributed by atoms with E-state index in [-0.39, 0.29) is 5.97 Å². The summed E-state index contributed by atoms with van der Waals surface area (Å²) in [6.45, 7) is 4.77. The lowest BCUT2D eigenvalue weighted by Gasteiger charge is -2.25. The standard InChI is InChI=1S/C25H24Cl3N5O2S/c1-15-29-23(32(10-7-11-35-16(2)34)14-17-8-5-4-6-9-17)21-24(30-15)33(31-25(21)36-3)22-19(27)12-18(26)13-20(22)28/h4-6,8-9,12-13H,7,10-11,14H2,1-3H3. The molecule has 0 unspecified atom stereocenters. The number of hydrogen-bond acceptors (Lipinski definition) is 7. The largest absolute Gasteiger partial charge is 0.466 e. The topological polar surface area (TPSA) is 73.1 Å². The van der Waals surface area contributed by atoms with Crippen molar-refractivity contribution in [3.05, 3.63) is 68.9 Å². The van der Waals surface area contributed by atoms with Crippen LogP contribution in [0.5, 0.6) is 0 Å². The van der Waals surface area contributed by atoms with Crippen LogP contribution < -0.4 is 4.90 Å². The maximum atomic E-state index is 11.3. The lowest BCUT2D eigenvalue weighted by Crippen LogP contribution is -2.26. The summed E-state index contributed by atoms with van der Waals surface area (Å²) < 4.78 is 6.83. The fraction of sp³-hybridized carbons (Fsp3) is 0.280. The number of halogens is 3. The molecule has 4 aromatic rings. The minimum atomic E-state index is -0.299. The van der Waals surface area contributed by atoms with Gasteiger partial charge in [-0.25, -0.2) is 14.6 Å². The molecule has 0 amide bonds. The summed E-state index contributed by atoms with van der Waals surface area (Å²) in [4.78, 5) is 23.0. The molecular weight excluding hydrogens is 541 g/mol. The number of hydrogen-bond donors (Lipinski definition) is 0. The number of aryl methyl sites for hydroxylation is 1.